The quantitative estimate of drug-likeness (QED) is 0.675. The molecule has 0 aliphatic rings. The predicted octanol–water partition coefficient (Wildman–Crippen LogP) is 0.401. The second-order valence-electron chi connectivity index (χ2n) is 2.77. The highest BCUT2D eigenvalue weighted by Gasteiger charge is 2.14. The summed E-state index contributed by atoms with van der Waals surface area (Å²) in [5, 5.41) is 18.7. The first kappa shape index (κ1) is 10.7. The molecule has 0 bridgehead atoms. The van der Waals surface area contributed by atoms with E-state index in [2.05, 4.69) is 0 Å². The molecule has 0 aliphatic carbocycles. The lowest BCUT2D eigenvalue weighted by Crippen LogP contribution is -2.32. The van der Waals surface area contributed by atoms with Crippen LogP contribution in [0.5, 0.6) is 0 Å². The highest BCUT2D eigenvalue weighted by Crippen LogP contribution is 2.15. The van der Waals surface area contributed by atoms with Gasteiger partial charge >= 0.3 is 11.9 Å². The summed E-state index contributed by atoms with van der Waals surface area (Å²) in [7, 11) is 0. The Morgan fingerprint density at radius 1 is 1.50 bits per heavy atom. The van der Waals surface area contributed by atoms with Crippen LogP contribution in [0.1, 0.15) is 15.2 Å². The van der Waals surface area contributed by atoms with Crippen molar-refractivity contribution in [3.05, 3.63) is 21.9 Å². The van der Waals surface area contributed by atoms with E-state index in [9.17, 15) is 9.59 Å². The van der Waals surface area contributed by atoms with Crippen LogP contribution >= 0.6 is 11.3 Å². The van der Waals surface area contributed by atoms with Gasteiger partial charge in [-0.05, 0) is 23.4 Å². The van der Waals surface area contributed by atoms with E-state index >= 15 is 0 Å². The molecule has 0 fully saturated rings. The smallest absolute Gasteiger partial charge is 0.345 e. The number of carboxylic acid groups (broad SMARTS) is 2. The molecule has 1 rings (SSSR count). The van der Waals surface area contributed by atoms with Crippen molar-refractivity contribution in [1.29, 1.82) is 0 Å². The Morgan fingerprint density at radius 3 is 2.57 bits per heavy atom. The summed E-state index contributed by atoms with van der Waals surface area (Å²) in [5.41, 5.74) is 5.93. The van der Waals surface area contributed by atoms with Crippen LogP contribution in [0.4, 0.5) is 0 Å². The number of hydrogen-bond acceptors (Lipinski definition) is 4. The third kappa shape index (κ3) is 2.54. The SMILES string of the molecule is N[C@@H](Cc1csc(C(=O)O)c1)C(=O)O. The van der Waals surface area contributed by atoms with Crippen molar-refractivity contribution in [3.8, 4) is 0 Å². The minimum absolute atomic E-state index is 0.152. The number of thiophene rings is 1. The highest BCUT2D eigenvalue weighted by atomic mass is 32.1. The normalized spacial score (nSPS) is 12.4. The number of aromatic carboxylic acids is 1. The first-order chi connectivity index (χ1) is 6.50. The van der Waals surface area contributed by atoms with Gasteiger partial charge in [-0.2, -0.15) is 0 Å². The van der Waals surface area contributed by atoms with Crippen molar-refractivity contribution in [2.24, 2.45) is 5.73 Å². The Bertz CT molecular complexity index is 360. The molecule has 14 heavy (non-hydrogen) atoms. The van der Waals surface area contributed by atoms with Crippen molar-refractivity contribution < 1.29 is 19.8 Å². The number of carbonyl (C=O) groups is 2. The van der Waals surface area contributed by atoms with Crippen LogP contribution in [-0.2, 0) is 11.2 Å². The van der Waals surface area contributed by atoms with E-state index in [1.807, 2.05) is 0 Å². The fourth-order valence-electron chi connectivity index (χ4n) is 0.936. The zero-order chi connectivity index (χ0) is 10.7. The molecule has 0 aliphatic heterocycles. The molecule has 76 valence electrons. The minimum atomic E-state index is -1.09. The largest absolute Gasteiger partial charge is 0.480 e. The van der Waals surface area contributed by atoms with Crippen molar-refractivity contribution in [3.63, 3.8) is 0 Å². The Balaban J connectivity index is 2.69. The molecule has 0 unspecified atom stereocenters. The Kier molecular flexibility index (Phi) is 3.21. The van der Waals surface area contributed by atoms with Gasteiger partial charge in [-0.15, -0.1) is 11.3 Å². The first-order valence-electron chi connectivity index (χ1n) is 3.80. The van der Waals surface area contributed by atoms with Gasteiger partial charge in [-0.3, -0.25) is 4.79 Å². The van der Waals surface area contributed by atoms with Gasteiger partial charge in [0.15, 0.2) is 0 Å². The Hall–Kier alpha value is -1.40. The summed E-state index contributed by atoms with van der Waals surface area (Å²) < 4.78 is 0. The summed E-state index contributed by atoms with van der Waals surface area (Å²) in [5.74, 6) is -2.10. The molecule has 1 aromatic rings. The molecule has 4 N–H and O–H groups in total. The van der Waals surface area contributed by atoms with Crippen molar-refractivity contribution in [2.75, 3.05) is 0 Å². The molecule has 6 heteroatoms. The van der Waals surface area contributed by atoms with Crippen molar-refractivity contribution >= 4 is 23.3 Å². The molecule has 1 aromatic heterocycles. The maximum absolute atomic E-state index is 10.5. The standard InChI is InChI=1S/C8H9NO4S/c9-5(7(10)11)1-4-2-6(8(12)13)14-3-4/h2-3,5H,1,9H2,(H,10,11)(H,12,13)/t5-/m0/s1. The summed E-state index contributed by atoms with van der Waals surface area (Å²) >= 11 is 1.06. The van der Waals surface area contributed by atoms with Gasteiger partial charge in [0.05, 0.1) is 0 Å². The van der Waals surface area contributed by atoms with E-state index in [-0.39, 0.29) is 11.3 Å². The second kappa shape index (κ2) is 4.21. The summed E-state index contributed by atoms with van der Waals surface area (Å²) in [6.45, 7) is 0. The molecule has 1 heterocycles. The molecule has 0 amide bonds. The monoisotopic (exact) mass is 215 g/mol. The third-order valence-corrected chi connectivity index (χ3v) is 2.60. The molecule has 0 saturated carbocycles. The highest BCUT2D eigenvalue weighted by molar-refractivity contribution is 7.12. The summed E-state index contributed by atoms with van der Waals surface area (Å²) in [6.07, 6.45) is 0.152. The third-order valence-electron chi connectivity index (χ3n) is 1.64. The molecule has 1 atom stereocenters. The first-order valence-corrected chi connectivity index (χ1v) is 4.67. The van der Waals surface area contributed by atoms with E-state index < -0.39 is 18.0 Å². The average molecular weight is 215 g/mol. The average Bonchev–Trinajstić information content (AvgIpc) is 2.52. The maximum atomic E-state index is 10.5. The fraction of sp³-hybridized carbons (Fsp3) is 0.250. The molecular weight excluding hydrogens is 206 g/mol. The lowest BCUT2D eigenvalue weighted by molar-refractivity contribution is -0.138. The van der Waals surface area contributed by atoms with Crippen LogP contribution < -0.4 is 5.73 Å². The minimum Gasteiger partial charge on any atom is -0.480 e. The lowest BCUT2D eigenvalue weighted by atomic mass is 10.1. The Labute approximate surface area is 83.8 Å². The topological polar surface area (TPSA) is 101 Å². The summed E-state index contributed by atoms with van der Waals surface area (Å²) in [4.78, 5) is 21.1. The zero-order valence-electron chi connectivity index (χ0n) is 7.14. The van der Waals surface area contributed by atoms with Gasteiger partial charge in [0.1, 0.15) is 10.9 Å². The number of aliphatic carboxylic acids is 1. The molecule has 0 radical (unpaired) electrons. The van der Waals surface area contributed by atoms with Gasteiger partial charge in [0, 0.05) is 0 Å². The van der Waals surface area contributed by atoms with E-state index in [1.165, 1.54) is 6.07 Å². The van der Waals surface area contributed by atoms with E-state index in [4.69, 9.17) is 15.9 Å². The van der Waals surface area contributed by atoms with Crippen LogP contribution in [0.25, 0.3) is 0 Å². The van der Waals surface area contributed by atoms with Crippen LogP contribution in [0.3, 0.4) is 0 Å². The number of rotatable bonds is 4. The molecule has 0 aromatic carbocycles. The molecule has 0 saturated heterocycles. The summed E-state index contributed by atoms with van der Waals surface area (Å²) in [6, 6.07) is 0.460. The second-order valence-corrected chi connectivity index (χ2v) is 3.68. The van der Waals surface area contributed by atoms with E-state index in [0.717, 1.165) is 11.3 Å². The lowest BCUT2D eigenvalue weighted by Gasteiger charge is -2.02. The van der Waals surface area contributed by atoms with Gasteiger partial charge in [0.25, 0.3) is 0 Å². The van der Waals surface area contributed by atoms with Gasteiger partial charge in [0.2, 0.25) is 0 Å². The van der Waals surface area contributed by atoms with Crippen LogP contribution in [-0.4, -0.2) is 28.2 Å². The van der Waals surface area contributed by atoms with Crippen molar-refractivity contribution in [1.82, 2.24) is 0 Å². The Morgan fingerprint density at radius 2 is 2.14 bits per heavy atom. The fourth-order valence-corrected chi connectivity index (χ4v) is 1.70. The van der Waals surface area contributed by atoms with Gasteiger partial charge < -0.3 is 15.9 Å². The number of nitrogens with two attached hydrogens (primary N) is 1. The van der Waals surface area contributed by atoms with Crippen LogP contribution in [0.2, 0.25) is 0 Å². The zero-order valence-corrected chi connectivity index (χ0v) is 7.95. The predicted molar refractivity (Wildman–Crippen MR) is 50.6 cm³/mol. The van der Waals surface area contributed by atoms with Crippen LogP contribution in [0, 0.1) is 0 Å². The van der Waals surface area contributed by atoms with Crippen LogP contribution in [0.15, 0.2) is 11.4 Å². The van der Waals surface area contributed by atoms with Gasteiger partial charge in [-0.1, -0.05) is 0 Å². The number of hydrogen-bond donors (Lipinski definition) is 3. The van der Waals surface area contributed by atoms with Gasteiger partial charge in [-0.25, -0.2) is 4.79 Å². The number of carboxylic acids is 2. The van der Waals surface area contributed by atoms with E-state index in [1.54, 1.807) is 5.38 Å². The van der Waals surface area contributed by atoms with E-state index in [0.29, 0.717) is 5.56 Å². The molecule has 0 spiro atoms. The molecular formula is C8H9NO4S. The maximum Gasteiger partial charge on any atom is 0.345 e. The van der Waals surface area contributed by atoms with Crippen molar-refractivity contribution in [2.45, 2.75) is 12.5 Å². The molecule has 5 nitrogen and oxygen atoms in total.